The van der Waals surface area contributed by atoms with Crippen LogP contribution in [0.25, 0.3) is 0 Å². The highest BCUT2D eigenvalue weighted by molar-refractivity contribution is 5.94. The van der Waals surface area contributed by atoms with Crippen molar-refractivity contribution in [1.82, 2.24) is 19.9 Å². The second-order valence-corrected chi connectivity index (χ2v) is 8.53. The molecule has 2 aliphatic heterocycles. The fourth-order valence-corrected chi connectivity index (χ4v) is 4.26. The Kier molecular flexibility index (Phi) is 8.61. The fraction of sp³-hybridized carbons (Fsp3) is 0.542. The first-order valence-electron chi connectivity index (χ1n) is 11.8. The van der Waals surface area contributed by atoms with Crippen LogP contribution in [0, 0.1) is 6.92 Å². The Bertz CT molecular complexity index is 980. The predicted molar refractivity (Wildman–Crippen MR) is 129 cm³/mol. The first-order valence-corrected chi connectivity index (χ1v) is 11.8. The van der Waals surface area contributed by atoms with Crippen molar-refractivity contribution in [3.63, 3.8) is 0 Å². The number of aromatic nitrogens is 3. The van der Waals surface area contributed by atoms with Crippen LogP contribution in [-0.4, -0.2) is 69.1 Å². The monoisotopic (exact) mass is 470 g/mol. The summed E-state index contributed by atoms with van der Waals surface area (Å²) in [5.74, 6) is 1.03. The van der Waals surface area contributed by atoms with Crippen LogP contribution in [0.2, 0.25) is 0 Å². The van der Waals surface area contributed by atoms with Crippen molar-refractivity contribution in [3.05, 3.63) is 35.2 Å². The van der Waals surface area contributed by atoms with E-state index in [0.29, 0.717) is 11.4 Å². The summed E-state index contributed by atoms with van der Waals surface area (Å²) in [7, 11) is 0. The molecule has 184 valence electrons. The Balaban J connectivity index is 0.000000751. The lowest BCUT2D eigenvalue weighted by Crippen LogP contribution is -2.39. The molecule has 0 unspecified atom stereocenters. The van der Waals surface area contributed by atoms with Gasteiger partial charge in [-0.2, -0.15) is 4.98 Å². The predicted octanol–water partition coefficient (Wildman–Crippen LogP) is 2.70. The van der Waals surface area contributed by atoms with E-state index in [9.17, 15) is 4.79 Å². The first-order chi connectivity index (χ1) is 16.3. The van der Waals surface area contributed by atoms with Crippen LogP contribution in [0.3, 0.4) is 0 Å². The number of pyridine rings is 1. The van der Waals surface area contributed by atoms with Gasteiger partial charge in [0.25, 0.3) is 11.9 Å². The molecular formula is C24H34N6O4. The number of rotatable bonds is 5. The molecule has 34 heavy (non-hydrogen) atoms. The molecule has 0 saturated carbocycles. The zero-order valence-electron chi connectivity index (χ0n) is 20.2. The zero-order chi connectivity index (χ0) is 24.7. The normalized spacial score (nSPS) is 16.1. The van der Waals surface area contributed by atoms with Gasteiger partial charge in [0, 0.05) is 63.4 Å². The average molecular weight is 471 g/mol. The van der Waals surface area contributed by atoms with Gasteiger partial charge in [0.2, 0.25) is 11.8 Å². The van der Waals surface area contributed by atoms with Crippen LogP contribution in [-0.2, 0) is 11.2 Å². The molecule has 0 aliphatic carbocycles. The molecule has 0 aromatic carbocycles. The lowest BCUT2D eigenvalue weighted by atomic mass is 10.1. The van der Waals surface area contributed by atoms with E-state index in [1.165, 1.54) is 0 Å². The van der Waals surface area contributed by atoms with Gasteiger partial charge in [-0.1, -0.05) is 6.92 Å². The number of carbonyl (C=O) groups excluding carboxylic acids is 1. The molecule has 0 atom stereocenters. The van der Waals surface area contributed by atoms with E-state index < -0.39 is 5.97 Å². The Hall–Kier alpha value is -3.43. The number of carboxylic acid groups (broad SMARTS) is 1. The number of piperidine rings is 1. The minimum atomic E-state index is -0.833. The largest absolute Gasteiger partial charge is 0.481 e. The highest BCUT2D eigenvalue weighted by Crippen LogP contribution is 2.26. The van der Waals surface area contributed by atoms with E-state index in [4.69, 9.17) is 20.4 Å². The fourth-order valence-electron chi connectivity index (χ4n) is 4.26. The Morgan fingerprint density at radius 3 is 2.35 bits per heavy atom. The number of carboxylic acids is 1. The molecule has 3 N–H and O–H groups in total. The number of carbonyl (C=O) groups is 2. The van der Waals surface area contributed by atoms with Crippen molar-refractivity contribution in [2.75, 3.05) is 36.8 Å². The van der Waals surface area contributed by atoms with Crippen molar-refractivity contribution in [2.45, 2.75) is 59.0 Å². The number of likely N-dealkylation sites (tertiary alicyclic amines) is 1. The quantitative estimate of drug-likeness (QED) is 0.676. The lowest BCUT2D eigenvalue weighted by Gasteiger charge is -2.33. The van der Waals surface area contributed by atoms with Gasteiger partial charge >= 0.3 is 0 Å². The number of nitrogen functional groups attached to an aromatic ring is 1. The van der Waals surface area contributed by atoms with Gasteiger partial charge in [-0.15, -0.1) is 0 Å². The number of nitrogens with zero attached hydrogens (tertiary/aromatic N) is 5. The molecule has 2 fully saturated rings. The smallest absolute Gasteiger partial charge is 0.300 e. The van der Waals surface area contributed by atoms with Crippen molar-refractivity contribution in [1.29, 1.82) is 0 Å². The second kappa shape index (κ2) is 11.6. The van der Waals surface area contributed by atoms with E-state index in [0.717, 1.165) is 82.3 Å². The number of amides is 1. The van der Waals surface area contributed by atoms with Crippen molar-refractivity contribution >= 4 is 23.6 Å². The molecule has 2 aromatic rings. The lowest BCUT2D eigenvalue weighted by molar-refractivity contribution is -0.134. The van der Waals surface area contributed by atoms with E-state index >= 15 is 0 Å². The highest BCUT2D eigenvalue weighted by Gasteiger charge is 2.24. The third kappa shape index (κ3) is 6.55. The maximum absolute atomic E-state index is 12.5. The zero-order valence-corrected chi connectivity index (χ0v) is 20.2. The molecule has 2 aromatic heterocycles. The second-order valence-electron chi connectivity index (χ2n) is 8.53. The molecular weight excluding hydrogens is 436 g/mol. The summed E-state index contributed by atoms with van der Waals surface area (Å²) in [6, 6.07) is 3.85. The minimum Gasteiger partial charge on any atom is -0.481 e. The summed E-state index contributed by atoms with van der Waals surface area (Å²) in [6.45, 7) is 8.49. The summed E-state index contributed by atoms with van der Waals surface area (Å²) in [6.07, 6.45) is 6.55. The summed E-state index contributed by atoms with van der Waals surface area (Å²) >= 11 is 0. The summed E-state index contributed by atoms with van der Waals surface area (Å²) in [5.41, 5.74) is 8.38. The van der Waals surface area contributed by atoms with Crippen LogP contribution < -0.4 is 15.4 Å². The number of ether oxygens (including phenoxy) is 1. The van der Waals surface area contributed by atoms with Crippen LogP contribution in [0.4, 0.5) is 11.8 Å². The molecule has 0 spiro atoms. The van der Waals surface area contributed by atoms with Crippen LogP contribution >= 0.6 is 0 Å². The van der Waals surface area contributed by atoms with E-state index in [1.807, 2.05) is 24.0 Å². The van der Waals surface area contributed by atoms with Gasteiger partial charge in [0.05, 0.1) is 5.56 Å². The van der Waals surface area contributed by atoms with Gasteiger partial charge < -0.3 is 25.4 Å². The number of nitrogens with two attached hydrogens (primary N) is 1. The van der Waals surface area contributed by atoms with E-state index in [-0.39, 0.29) is 18.0 Å². The molecule has 10 nitrogen and oxygen atoms in total. The third-order valence-electron chi connectivity index (χ3n) is 5.98. The number of anilines is 2. The van der Waals surface area contributed by atoms with Crippen molar-refractivity contribution in [3.8, 4) is 5.88 Å². The Morgan fingerprint density at radius 1 is 1.15 bits per heavy atom. The number of hydrogen-bond donors (Lipinski definition) is 2. The van der Waals surface area contributed by atoms with E-state index in [2.05, 4.69) is 26.8 Å². The minimum absolute atomic E-state index is 0.0878. The maximum atomic E-state index is 12.5. The molecule has 10 heteroatoms. The number of hydrogen-bond acceptors (Lipinski definition) is 8. The topological polar surface area (TPSA) is 135 Å². The number of aryl methyl sites for hydroxylation is 1. The Morgan fingerprint density at radius 2 is 1.79 bits per heavy atom. The van der Waals surface area contributed by atoms with Crippen molar-refractivity contribution in [2.24, 2.45) is 0 Å². The van der Waals surface area contributed by atoms with Crippen LogP contribution in [0.15, 0.2) is 18.3 Å². The van der Waals surface area contributed by atoms with Gasteiger partial charge in [-0.3, -0.25) is 9.59 Å². The highest BCUT2D eigenvalue weighted by atomic mass is 16.5. The van der Waals surface area contributed by atoms with Gasteiger partial charge in [-0.05, 0) is 38.3 Å². The molecule has 2 saturated heterocycles. The maximum Gasteiger partial charge on any atom is 0.300 e. The summed E-state index contributed by atoms with van der Waals surface area (Å²) in [4.78, 5) is 38.7. The first kappa shape index (κ1) is 25.2. The van der Waals surface area contributed by atoms with Gasteiger partial charge in [0.1, 0.15) is 11.9 Å². The third-order valence-corrected chi connectivity index (χ3v) is 5.98. The van der Waals surface area contributed by atoms with Crippen LogP contribution in [0.5, 0.6) is 5.88 Å². The molecule has 1 amide bonds. The van der Waals surface area contributed by atoms with Crippen molar-refractivity contribution < 1.29 is 19.4 Å². The molecule has 0 bridgehead atoms. The van der Waals surface area contributed by atoms with Gasteiger partial charge in [0.15, 0.2) is 0 Å². The molecule has 4 rings (SSSR count). The number of aliphatic carboxylic acids is 1. The molecule has 2 aliphatic rings. The molecule has 4 heterocycles. The standard InChI is InChI=1S/C22H30N6O2.C2H4O2/c1-3-18-15(2)25-22(23)26-20(18)30-17-8-12-27(13-9-17)19-7-6-16(14-24-19)21(29)28-10-4-5-11-28;1-2(3)4/h6-7,14,17H,3-5,8-13H2,1-2H3,(H2,23,25,26);1H3,(H,3,4). The van der Waals surface area contributed by atoms with E-state index in [1.54, 1.807) is 6.20 Å². The Labute approximate surface area is 200 Å². The summed E-state index contributed by atoms with van der Waals surface area (Å²) < 4.78 is 6.20. The SMILES string of the molecule is CC(=O)O.CCc1c(C)nc(N)nc1OC1CCN(c2ccc(C(=O)N3CCCC3)cn2)CC1. The van der Waals surface area contributed by atoms with Crippen LogP contribution in [0.1, 0.15) is 61.1 Å². The molecule has 0 radical (unpaired) electrons. The average Bonchev–Trinajstić information content (AvgIpc) is 3.34. The van der Waals surface area contributed by atoms with Gasteiger partial charge in [-0.25, -0.2) is 9.97 Å². The summed E-state index contributed by atoms with van der Waals surface area (Å²) in [5, 5.41) is 7.42.